The van der Waals surface area contributed by atoms with E-state index in [0.29, 0.717) is 30.2 Å². The van der Waals surface area contributed by atoms with E-state index in [4.69, 9.17) is 16.3 Å². The van der Waals surface area contributed by atoms with Gasteiger partial charge in [0.25, 0.3) is 5.91 Å². The number of alkyl halides is 2. The summed E-state index contributed by atoms with van der Waals surface area (Å²) in [5.74, 6) is -2.85. The molecule has 1 amide bonds. The number of aliphatic carboxylic acids is 1. The van der Waals surface area contributed by atoms with Crippen molar-refractivity contribution in [2.24, 2.45) is 0 Å². The Balaban J connectivity index is 1.25. The lowest BCUT2D eigenvalue weighted by molar-refractivity contribution is -0.141. The van der Waals surface area contributed by atoms with Crippen LogP contribution in [0.5, 0.6) is 5.75 Å². The predicted molar refractivity (Wildman–Crippen MR) is 140 cm³/mol. The third-order valence-electron chi connectivity index (χ3n) is 7.98. The number of aryl methyl sites for hydroxylation is 1. The minimum absolute atomic E-state index is 0.0478. The molecule has 210 valence electrons. The second kappa shape index (κ2) is 11.0. The average molecular weight is 565 g/mol. The first kappa shape index (κ1) is 27.8. The summed E-state index contributed by atoms with van der Waals surface area (Å²) >= 11 is 6.36. The van der Waals surface area contributed by atoms with E-state index < -0.39 is 42.1 Å². The van der Waals surface area contributed by atoms with Crippen molar-refractivity contribution in [2.45, 2.75) is 69.4 Å². The molecule has 10 heteroatoms. The maximum atomic E-state index is 15.7. The molecule has 0 spiro atoms. The molecule has 5 rings (SSSR count). The second-order valence-corrected chi connectivity index (χ2v) is 11.5. The van der Waals surface area contributed by atoms with Crippen LogP contribution in [0.15, 0.2) is 30.3 Å². The number of piperidine rings is 1. The van der Waals surface area contributed by atoms with E-state index >= 15 is 8.78 Å². The quantitative estimate of drug-likeness (QED) is 0.446. The molecule has 39 heavy (non-hydrogen) atoms. The number of hydrogen-bond acceptors (Lipinski definition) is 4. The van der Waals surface area contributed by atoms with Crippen LogP contribution < -0.4 is 4.74 Å². The van der Waals surface area contributed by atoms with E-state index in [0.717, 1.165) is 34.9 Å². The number of carbonyl (C=O) groups is 2. The van der Waals surface area contributed by atoms with Crippen molar-refractivity contribution < 1.29 is 32.6 Å². The van der Waals surface area contributed by atoms with E-state index in [1.165, 1.54) is 6.07 Å². The summed E-state index contributed by atoms with van der Waals surface area (Å²) in [5.41, 5.74) is 0.769. The Hall–Kier alpha value is -2.78. The van der Waals surface area contributed by atoms with Crippen molar-refractivity contribution in [3.05, 3.63) is 63.4 Å². The number of likely N-dealkylation sites (tertiary alicyclic amines) is 2. The summed E-state index contributed by atoms with van der Waals surface area (Å²) < 4.78 is 50.6. The summed E-state index contributed by atoms with van der Waals surface area (Å²) in [6.07, 6.45) is 0.341. The Kier molecular flexibility index (Phi) is 7.84. The molecular weight excluding hydrogens is 533 g/mol. The van der Waals surface area contributed by atoms with Crippen LogP contribution in [0.4, 0.5) is 13.2 Å². The molecule has 3 aliphatic rings. The lowest BCUT2D eigenvalue weighted by Crippen LogP contribution is -2.44. The standard InChI is InChI=1S/C29H32ClF3N2O4/c1-17-2-3-19(23(30)10-17)14-34-8-6-29(33,7-9-34)16-39-26-13-24(32)22(12-21(26)18-4-5-18)27(36)35-15-20(31)11-25(35)28(37)38/h2-3,10,12-13,18,20,25H,4-9,11,14-16H2,1H3,(H,37,38)/t20-,25+/m1/s1. The topological polar surface area (TPSA) is 70.1 Å². The summed E-state index contributed by atoms with van der Waals surface area (Å²) in [6.45, 7) is 3.02. The zero-order valence-corrected chi connectivity index (χ0v) is 22.5. The van der Waals surface area contributed by atoms with Crippen LogP contribution in [-0.2, 0) is 11.3 Å². The summed E-state index contributed by atoms with van der Waals surface area (Å²) in [6, 6.07) is 7.01. The third kappa shape index (κ3) is 6.19. The molecule has 1 saturated carbocycles. The van der Waals surface area contributed by atoms with Crippen molar-refractivity contribution in [1.82, 2.24) is 9.80 Å². The van der Waals surface area contributed by atoms with Gasteiger partial charge in [-0.15, -0.1) is 0 Å². The van der Waals surface area contributed by atoms with Crippen LogP contribution in [0.25, 0.3) is 0 Å². The lowest BCUT2D eigenvalue weighted by atomic mass is 9.93. The molecule has 0 bridgehead atoms. The van der Waals surface area contributed by atoms with Gasteiger partial charge >= 0.3 is 5.97 Å². The molecule has 1 N–H and O–H groups in total. The van der Waals surface area contributed by atoms with E-state index in [-0.39, 0.29) is 43.1 Å². The molecule has 1 aliphatic carbocycles. The van der Waals surface area contributed by atoms with E-state index in [1.54, 1.807) is 0 Å². The molecule has 2 aromatic rings. The fraction of sp³-hybridized carbons (Fsp3) is 0.517. The summed E-state index contributed by atoms with van der Waals surface area (Å²) in [5, 5.41) is 10.1. The minimum atomic E-state index is -1.58. The first-order valence-corrected chi connectivity index (χ1v) is 13.7. The number of nitrogens with zero attached hydrogens (tertiary/aromatic N) is 2. The van der Waals surface area contributed by atoms with E-state index in [1.807, 2.05) is 25.1 Å². The molecule has 2 aromatic carbocycles. The molecular formula is C29H32ClF3N2O4. The molecule has 2 heterocycles. The molecule has 0 unspecified atom stereocenters. The normalized spacial score (nSPS) is 23.2. The summed E-state index contributed by atoms with van der Waals surface area (Å²) in [7, 11) is 0. The van der Waals surface area contributed by atoms with Gasteiger partial charge in [-0.25, -0.2) is 18.0 Å². The zero-order chi connectivity index (χ0) is 27.9. The van der Waals surface area contributed by atoms with Gasteiger partial charge in [-0.1, -0.05) is 23.7 Å². The van der Waals surface area contributed by atoms with Crippen LogP contribution in [0.1, 0.15) is 65.1 Å². The Morgan fingerprint density at radius 1 is 1.18 bits per heavy atom. The number of ether oxygens (including phenoxy) is 1. The highest BCUT2D eigenvalue weighted by Crippen LogP contribution is 2.46. The highest BCUT2D eigenvalue weighted by Gasteiger charge is 2.42. The van der Waals surface area contributed by atoms with Gasteiger partial charge in [0.15, 0.2) is 0 Å². The van der Waals surface area contributed by atoms with Crippen molar-refractivity contribution in [2.75, 3.05) is 26.2 Å². The molecule has 2 aliphatic heterocycles. The van der Waals surface area contributed by atoms with E-state index in [2.05, 4.69) is 4.90 Å². The van der Waals surface area contributed by atoms with Gasteiger partial charge in [-0.2, -0.15) is 0 Å². The van der Waals surface area contributed by atoms with Crippen LogP contribution in [0.2, 0.25) is 5.02 Å². The number of rotatable bonds is 8. The van der Waals surface area contributed by atoms with Crippen molar-refractivity contribution >= 4 is 23.5 Å². The van der Waals surface area contributed by atoms with Crippen molar-refractivity contribution in [3.63, 3.8) is 0 Å². The van der Waals surface area contributed by atoms with Gasteiger partial charge in [0.1, 0.15) is 36.1 Å². The number of carbonyl (C=O) groups excluding carboxylic acids is 1. The summed E-state index contributed by atoms with van der Waals surface area (Å²) in [4.78, 5) is 27.6. The van der Waals surface area contributed by atoms with Gasteiger partial charge in [0.2, 0.25) is 0 Å². The number of benzene rings is 2. The van der Waals surface area contributed by atoms with Crippen LogP contribution in [0, 0.1) is 12.7 Å². The molecule has 6 nitrogen and oxygen atoms in total. The van der Waals surface area contributed by atoms with Gasteiger partial charge in [-0.3, -0.25) is 9.69 Å². The third-order valence-corrected chi connectivity index (χ3v) is 8.34. The zero-order valence-electron chi connectivity index (χ0n) is 21.8. The van der Waals surface area contributed by atoms with Crippen molar-refractivity contribution in [3.8, 4) is 5.75 Å². The largest absolute Gasteiger partial charge is 0.490 e. The van der Waals surface area contributed by atoms with E-state index in [9.17, 15) is 19.1 Å². The molecule has 0 aromatic heterocycles. The maximum Gasteiger partial charge on any atom is 0.326 e. The van der Waals surface area contributed by atoms with Crippen LogP contribution in [0.3, 0.4) is 0 Å². The van der Waals surface area contributed by atoms with Crippen LogP contribution in [-0.4, -0.2) is 70.9 Å². The fourth-order valence-electron chi connectivity index (χ4n) is 5.46. The highest BCUT2D eigenvalue weighted by molar-refractivity contribution is 6.31. The number of halogens is 4. The highest BCUT2D eigenvalue weighted by atomic mass is 35.5. The van der Waals surface area contributed by atoms with Gasteiger partial charge in [0.05, 0.1) is 12.1 Å². The van der Waals surface area contributed by atoms with Gasteiger partial charge < -0.3 is 14.7 Å². The fourth-order valence-corrected chi connectivity index (χ4v) is 5.75. The van der Waals surface area contributed by atoms with Gasteiger partial charge in [-0.05, 0) is 67.3 Å². The predicted octanol–water partition coefficient (Wildman–Crippen LogP) is 5.69. The maximum absolute atomic E-state index is 15.7. The first-order valence-electron chi connectivity index (χ1n) is 13.3. The monoisotopic (exact) mass is 564 g/mol. The van der Waals surface area contributed by atoms with Crippen LogP contribution >= 0.6 is 11.6 Å². The number of amides is 1. The molecule has 3 fully saturated rings. The Bertz CT molecular complexity index is 1260. The van der Waals surface area contributed by atoms with Gasteiger partial charge in [0, 0.05) is 37.1 Å². The smallest absolute Gasteiger partial charge is 0.326 e. The average Bonchev–Trinajstić information content (AvgIpc) is 3.65. The molecule has 0 radical (unpaired) electrons. The lowest BCUT2D eigenvalue weighted by Gasteiger charge is -2.36. The molecule has 2 atom stereocenters. The first-order chi connectivity index (χ1) is 18.5. The number of carboxylic acids is 1. The minimum Gasteiger partial charge on any atom is -0.490 e. The Morgan fingerprint density at radius 3 is 2.54 bits per heavy atom. The van der Waals surface area contributed by atoms with Crippen molar-refractivity contribution in [1.29, 1.82) is 0 Å². The Morgan fingerprint density at radius 2 is 1.90 bits per heavy atom. The Labute approximate surface area is 230 Å². The SMILES string of the molecule is Cc1ccc(CN2CCC(F)(COc3cc(F)c(C(=O)N4C[C@H](F)C[C@H]4C(=O)O)cc3C3CC3)CC2)c(Cl)c1. The second-order valence-electron chi connectivity index (χ2n) is 11.1. The molecule has 2 saturated heterocycles. The number of carboxylic acid groups (broad SMARTS) is 1. The number of hydrogen-bond donors (Lipinski definition) is 1.